The molecule has 420 valence electrons. The summed E-state index contributed by atoms with van der Waals surface area (Å²) >= 11 is 0. The van der Waals surface area contributed by atoms with E-state index in [0.29, 0.717) is 74.1 Å². The number of ether oxygens (including phenoxy) is 9. The van der Waals surface area contributed by atoms with Gasteiger partial charge in [0.25, 0.3) is 0 Å². The number of rotatable bonds is 39. The first-order valence-corrected chi connectivity index (χ1v) is 28.8. The Labute approximate surface area is 450 Å². The van der Waals surface area contributed by atoms with Crippen LogP contribution in [-0.2, 0) is 0 Å². The number of hydrogen-bond acceptors (Lipinski definition) is 12. The summed E-state index contributed by atoms with van der Waals surface area (Å²) in [4.78, 5) is 46.4. The van der Waals surface area contributed by atoms with E-state index in [1.54, 1.807) is 54.6 Å². The minimum atomic E-state index is -0.814. The summed E-state index contributed by atoms with van der Waals surface area (Å²) in [6.07, 6.45) is 22.6. The maximum absolute atomic E-state index is 14.2. The molecule has 15 heteroatoms. The smallest absolute Gasteiger partial charge is 0.418 e. The SMILES string of the molecule is CCCCCCOc1ccc(OC(=O)N2CN(C(=O)Oc3ccc(OCCCCCC)c(OCCCCCC)c3)CN(C(=O)Oc3ccc(OCCCCCC)c(OCCCCCC)c3)C2)cc1OCCCCCC. The van der Waals surface area contributed by atoms with Crippen molar-refractivity contribution in [1.29, 1.82) is 0 Å². The second kappa shape index (κ2) is 37.9. The molecule has 0 aromatic heterocycles. The fraction of sp³-hybridized carbons (Fsp3) is 0.650. The van der Waals surface area contributed by atoms with Gasteiger partial charge in [-0.3, -0.25) is 14.7 Å². The van der Waals surface area contributed by atoms with Crippen LogP contribution in [-0.4, -0.2) is 92.6 Å². The number of carbonyl (C=O) groups excluding carboxylic acids is 3. The third-order valence-electron chi connectivity index (χ3n) is 12.7. The molecule has 0 N–H and O–H groups in total. The zero-order valence-corrected chi connectivity index (χ0v) is 46.8. The molecule has 3 amide bonds. The number of amides is 3. The monoisotopic (exact) mass is 1050 g/mol. The fourth-order valence-corrected chi connectivity index (χ4v) is 8.21. The molecule has 0 radical (unpaired) electrons. The third kappa shape index (κ3) is 24.2. The topological polar surface area (TPSA) is 144 Å². The van der Waals surface area contributed by atoms with E-state index in [0.717, 1.165) is 154 Å². The zero-order chi connectivity index (χ0) is 53.7. The highest BCUT2D eigenvalue weighted by Crippen LogP contribution is 2.36. The van der Waals surface area contributed by atoms with Crippen LogP contribution in [0.1, 0.15) is 196 Å². The van der Waals surface area contributed by atoms with Gasteiger partial charge in [-0.1, -0.05) is 157 Å². The highest BCUT2D eigenvalue weighted by molar-refractivity contribution is 5.77. The highest BCUT2D eigenvalue weighted by Gasteiger charge is 2.35. The van der Waals surface area contributed by atoms with Crippen LogP contribution < -0.4 is 42.6 Å². The Morgan fingerprint density at radius 2 is 0.520 bits per heavy atom. The predicted molar refractivity (Wildman–Crippen MR) is 295 cm³/mol. The lowest BCUT2D eigenvalue weighted by Gasteiger charge is -2.40. The lowest BCUT2D eigenvalue weighted by atomic mass is 10.2. The first-order chi connectivity index (χ1) is 36.7. The van der Waals surface area contributed by atoms with Crippen LogP contribution in [0.5, 0.6) is 51.7 Å². The maximum atomic E-state index is 14.2. The largest absolute Gasteiger partial charge is 0.490 e. The van der Waals surface area contributed by atoms with Crippen LogP contribution in [0.2, 0.25) is 0 Å². The molecule has 0 unspecified atom stereocenters. The number of carbonyl (C=O) groups is 3. The minimum Gasteiger partial charge on any atom is -0.490 e. The van der Waals surface area contributed by atoms with Gasteiger partial charge in [-0.05, 0) is 74.9 Å². The fourth-order valence-electron chi connectivity index (χ4n) is 8.21. The second-order valence-corrected chi connectivity index (χ2v) is 19.4. The van der Waals surface area contributed by atoms with Gasteiger partial charge >= 0.3 is 18.3 Å². The Balaban J connectivity index is 1.59. The van der Waals surface area contributed by atoms with E-state index in [1.165, 1.54) is 14.7 Å². The quantitative estimate of drug-likeness (QED) is 0.0502. The molecule has 1 aliphatic heterocycles. The van der Waals surface area contributed by atoms with Crippen LogP contribution in [0.3, 0.4) is 0 Å². The van der Waals surface area contributed by atoms with Crippen LogP contribution >= 0.6 is 0 Å². The molecule has 1 saturated heterocycles. The number of nitrogens with zero attached hydrogens (tertiary/aromatic N) is 3. The van der Waals surface area contributed by atoms with E-state index >= 15 is 0 Å². The van der Waals surface area contributed by atoms with Crippen molar-refractivity contribution in [3.05, 3.63) is 54.6 Å². The second-order valence-electron chi connectivity index (χ2n) is 19.4. The molecule has 0 saturated carbocycles. The van der Waals surface area contributed by atoms with Crippen molar-refractivity contribution in [2.24, 2.45) is 0 Å². The number of unbranched alkanes of at least 4 members (excludes halogenated alkanes) is 18. The summed E-state index contributed by atoms with van der Waals surface area (Å²) in [5.74, 6) is 3.73. The molecule has 1 heterocycles. The molecule has 15 nitrogen and oxygen atoms in total. The van der Waals surface area contributed by atoms with Gasteiger partial charge in [0.1, 0.15) is 37.3 Å². The van der Waals surface area contributed by atoms with Gasteiger partial charge < -0.3 is 42.6 Å². The Kier molecular flexibility index (Phi) is 31.2. The van der Waals surface area contributed by atoms with Crippen LogP contribution in [0, 0.1) is 0 Å². The Morgan fingerprint density at radius 1 is 0.307 bits per heavy atom. The molecule has 1 aliphatic rings. The van der Waals surface area contributed by atoms with Gasteiger partial charge in [0.15, 0.2) is 34.5 Å². The van der Waals surface area contributed by atoms with E-state index in [-0.39, 0.29) is 37.3 Å². The molecular formula is C60H93N3O12. The molecule has 75 heavy (non-hydrogen) atoms. The Hall–Kier alpha value is -5.73. The normalized spacial score (nSPS) is 12.3. The number of hydrogen-bond donors (Lipinski definition) is 0. The van der Waals surface area contributed by atoms with E-state index in [2.05, 4.69) is 41.5 Å². The van der Waals surface area contributed by atoms with E-state index in [4.69, 9.17) is 42.6 Å². The van der Waals surface area contributed by atoms with Gasteiger partial charge in [-0.15, -0.1) is 0 Å². The summed E-state index contributed by atoms with van der Waals surface area (Å²) in [5, 5.41) is 0. The van der Waals surface area contributed by atoms with Crippen molar-refractivity contribution in [3.63, 3.8) is 0 Å². The molecule has 0 bridgehead atoms. The van der Waals surface area contributed by atoms with Crippen molar-refractivity contribution in [2.75, 3.05) is 59.6 Å². The van der Waals surface area contributed by atoms with E-state index in [1.807, 2.05) is 0 Å². The zero-order valence-electron chi connectivity index (χ0n) is 46.8. The highest BCUT2D eigenvalue weighted by atomic mass is 16.6. The molecule has 4 rings (SSSR count). The summed E-state index contributed by atoms with van der Waals surface area (Å²) < 4.78 is 55.0. The van der Waals surface area contributed by atoms with Crippen molar-refractivity contribution < 1.29 is 57.0 Å². The maximum Gasteiger partial charge on any atom is 0.418 e. The van der Waals surface area contributed by atoms with Crippen molar-refractivity contribution in [2.45, 2.75) is 196 Å². The average molecular weight is 1050 g/mol. The summed E-state index contributed by atoms with van der Waals surface area (Å²) in [5.41, 5.74) is 0. The molecule has 3 aromatic carbocycles. The van der Waals surface area contributed by atoms with Gasteiger partial charge in [0, 0.05) is 18.2 Å². The number of benzene rings is 3. The molecule has 0 aliphatic carbocycles. The lowest BCUT2D eigenvalue weighted by Crippen LogP contribution is -2.60. The summed E-state index contributed by atoms with van der Waals surface area (Å²) in [6, 6.07) is 15.1. The molecule has 0 spiro atoms. The Bertz CT molecular complexity index is 1820. The minimum absolute atomic E-state index is 0.209. The molecular weight excluding hydrogens is 955 g/mol. The van der Waals surface area contributed by atoms with E-state index < -0.39 is 18.3 Å². The molecule has 0 atom stereocenters. The van der Waals surface area contributed by atoms with Crippen molar-refractivity contribution in [1.82, 2.24) is 14.7 Å². The lowest BCUT2D eigenvalue weighted by molar-refractivity contribution is 0.00253. The molecule has 1 fully saturated rings. The predicted octanol–water partition coefficient (Wildman–Crippen LogP) is 16.1. The first kappa shape index (κ1) is 61.8. The summed E-state index contributed by atoms with van der Waals surface area (Å²) in [7, 11) is 0. The van der Waals surface area contributed by atoms with Crippen molar-refractivity contribution >= 4 is 18.3 Å². The standard InChI is InChI=1S/C60H93N3O12/c1-7-13-19-25-37-67-52-34-31-49(43-55(52)70-40-28-22-16-10-4)73-58(64)61-46-62(59(65)74-50-32-35-53(68-38-26-20-14-8-2)56(44-50)71-41-29-23-17-11-5)48-63(47-61)60(66)75-51-33-36-54(69-39-27-21-15-9-3)57(45-51)72-42-30-24-18-12-6/h31-36,43-45H,7-30,37-42,46-48H2,1-6H3. The van der Waals surface area contributed by atoms with Crippen LogP contribution in [0.4, 0.5) is 14.4 Å². The van der Waals surface area contributed by atoms with Crippen LogP contribution in [0.15, 0.2) is 54.6 Å². The average Bonchev–Trinajstić information content (AvgIpc) is 3.41. The van der Waals surface area contributed by atoms with E-state index in [9.17, 15) is 14.4 Å². The summed E-state index contributed by atoms with van der Waals surface area (Å²) in [6.45, 7) is 15.2. The van der Waals surface area contributed by atoms with Gasteiger partial charge in [-0.2, -0.15) is 0 Å². The third-order valence-corrected chi connectivity index (χ3v) is 12.7. The first-order valence-electron chi connectivity index (χ1n) is 28.8. The van der Waals surface area contributed by atoms with Gasteiger partial charge in [0.2, 0.25) is 0 Å². The van der Waals surface area contributed by atoms with Gasteiger partial charge in [-0.25, -0.2) is 14.4 Å². The van der Waals surface area contributed by atoms with Crippen molar-refractivity contribution in [3.8, 4) is 51.7 Å². The van der Waals surface area contributed by atoms with Gasteiger partial charge in [0.05, 0.1) is 39.6 Å². The molecule has 3 aromatic rings. The van der Waals surface area contributed by atoms with Crippen LogP contribution in [0.25, 0.3) is 0 Å². The Morgan fingerprint density at radius 3 is 0.733 bits per heavy atom.